The molecule has 206 valence electrons. The van der Waals surface area contributed by atoms with E-state index < -0.39 is 11.9 Å². The molecule has 3 fully saturated rings. The van der Waals surface area contributed by atoms with Crippen molar-refractivity contribution in [3.05, 3.63) is 48.3 Å². The highest BCUT2D eigenvalue weighted by Gasteiger charge is 2.43. The van der Waals surface area contributed by atoms with Crippen LogP contribution in [-0.2, 0) is 14.4 Å². The molecule has 4 amide bonds. The molecular weight excluding hydrogens is 526 g/mol. The molecule has 1 saturated carbocycles. The van der Waals surface area contributed by atoms with Gasteiger partial charge in [-0.15, -0.1) is 0 Å². The molecule has 0 bridgehead atoms. The van der Waals surface area contributed by atoms with Crippen molar-refractivity contribution in [3.8, 4) is 0 Å². The summed E-state index contributed by atoms with van der Waals surface area (Å²) < 4.78 is 2.03. The van der Waals surface area contributed by atoms with Gasteiger partial charge in [0.1, 0.15) is 6.04 Å². The fraction of sp³-hybridized carbons (Fsp3) is 0.433. The monoisotopic (exact) mass is 557 g/mol. The minimum absolute atomic E-state index is 0.147. The van der Waals surface area contributed by atoms with E-state index in [1.54, 1.807) is 22.7 Å². The molecule has 1 aliphatic carbocycles. The Hall–Kier alpha value is -3.66. The molecule has 4 aliphatic rings. The van der Waals surface area contributed by atoms with Crippen LogP contribution in [-0.4, -0.2) is 57.4 Å². The molecule has 1 aromatic heterocycles. The molecule has 0 radical (unpaired) electrons. The van der Waals surface area contributed by atoms with E-state index in [2.05, 4.69) is 23.5 Å². The third kappa shape index (κ3) is 4.03. The number of hydrogen-bond donors (Lipinski definition) is 1. The first-order chi connectivity index (χ1) is 19.3. The number of rotatable bonds is 5. The first-order valence-corrected chi connectivity index (χ1v) is 14.9. The lowest BCUT2D eigenvalue weighted by Crippen LogP contribution is -2.53. The van der Waals surface area contributed by atoms with Crippen molar-refractivity contribution < 1.29 is 19.2 Å². The lowest BCUT2D eigenvalue weighted by Gasteiger charge is -2.43. The van der Waals surface area contributed by atoms with Crippen molar-refractivity contribution in [2.24, 2.45) is 5.41 Å². The van der Waals surface area contributed by atoms with Gasteiger partial charge >= 0.3 is 0 Å². The largest absolute Gasteiger partial charge is 0.342 e. The predicted octanol–water partition coefficient (Wildman–Crippen LogP) is 4.31. The number of benzene rings is 2. The highest BCUT2D eigenvalue weighted by atomic mass is 32.2. The van der Waals surface area contributed by atoms with Crippen LogP contribution < -0.4 is 10.2 Å². The molecule has 3 aliphatic heterocycles. The average Bonchev–Trinajstić information content (AvgIpc) is 3.52. The normalized spacial score (nSPS) is 22.5. The number of imide groups is 1. The summed E-state index contributed by atoms with van der Waals surface area (Å²) in [5.41, 5.74) is 1.14. The van der Waals surface area contributed by atoms with Crippen LogP contribution >= 0.6 is 11.8 Å². The summed E-state index contributed by atoms with van der Waals surface area (Å²) >= 11 is 1.60. The number of carbonyl (C=O) groups excluding carboxylic acids is 4. The number of likely N-dealkylation sites (tertiary alicyclic amines) is 1. The molecule has 2 saturated heterocycles. The third-order valence-electron chi connectivity index (χ3n) is 9.11. The van der Waals surface area contributed by atoms with Gasteiger partial charge in [-0.3, -0.25) is 34.1 Å². The predicted molar refractivity (Wildman–Crippen MR) is 150 cm³/mol. The zero-order valence-electron chi connectivity index (χ0n) is 22.4. The molecule has 0 spiro atoms. The zero-order chi connectivity index (χ0) is 27.6. The Morgan fingerprint density at radius 3 is 2.60 bits per heavy atom. The van der Waals surface area contributed by atoms with Gasteiger partial charge in [0.25, 0.3) is 5.91 Å². The van der Waals surface area contributed by atoms with Crippen molar-refractivity contribution in [1.29, 1.82) is 0 Å². The van der Waals surface area contributed by atoms with Crippen molar-refractivity contribution in [3.63, 3.8) is 0 Å². The maximum Gasteiger partial charge on any atom is 0.259 e. The number of piperidine rings is 2. The second-order valence-corrected chi connectivity index (χ2v) is 12.8. The maximum absolute atomic E-state index is 13.4. The van der Waals surface area contributed by atoms with E-state index in [0.717, 1.165) is 65.8 Å². The first kappa shape index (κ1) is 25.3. The van der Waals surface area contributed by atoms with Gasteiger partial charge in [0.2, 0.25) is 17.7 Å². The summed E-state index contributed by atoms with van der Waals surface area (Å²) in [5.74, 6) is -0.620. The molecule has 10 heteroatoms. The number of aromatic nitrogens is 2. The summed E-state index contributed by atoms with van der Waals surface area (Å²) in [7, 11) is 0. The van der Waals surface area contributed by atoms with Crippen molar-refractivity contribution in [1.82, 2.24) is 20.0 Å². The number of carbonyl (C=O) groups is 4. The van der Waals surface area contributed by atoms with E-state index in [0.29, 0.717) is 23.6 Å². The average molecular weight is 558 g/mol. The topological polar surface area (TPSA) is 105 Å². The van der Waals surface area contributed by atoms with Crippen LogP contribution in [0.25, 0.3) is 10.8 Å². The van der Waals surface area contributed by atoms with Crippen LogP contribution in [0.4, 0.5) is 5.69 Å². The molecule has 1 N–H and O–H groups in total. The van der Waals surface area contributed by atoms with Crippen molar-refractivity contribution >= 4 is 51.9 Å². The minimum atomic E-state index is -0.698. The maximum atomic E-state index is 13.4. The Bertz CT molecular complexity index is 1570. The Balaban J connectivity index is 1.09. The molecule has 1 atom stereocenters. The van der Waals surface area contributed by atoms with Crippen molar-refractivity contribution in [2.75, 3.05) is 18.0 Å². The molecule has 3 aromatic rings. The minimum Gasteiger partial charge on any atom is -0.342 e. The second kappa shape index (κ2) is 9.47. The van der Waals surface area contributed by atoms with E-state index >= 15 is 0 Å². The Morgan fingerprint density at radius 1 is 1.07 bits per heavy atom. The van der Waals surface area contributed by atoms with Gasteiger partial charge < -0.3 is 4.90 Å². The number of anilines is 1. The van der Waals surface area contributed by atoms with Crippen LogP contribution in [0.5, 0.6) is 0 Å². The molecular formula is C30H31N5O4S. The van der Waals surface area contributed by atoms with Crippen LogP contribution in [0.15, 0.2) is 52.5 Å². The van der Waals surface area contributed by atoms with Crippen LogP contribution in [0, 0.1) is 5.41 Å². The summed E-state index contributed by atoms with van der Waals surface area (Å²) in [6, 6.07) is 9.14. The van der Waals surface area contributed by atoms with E-state index in [9.17, 15) is 19.2 Å². The van der Waals surface area contributed by atoms with Gasteiger partial charge in [-0.25, -0.2) is 0 Å². The Kier molecular flexibility index (Phi) is 5.99. The summed E-state index contributed by atoms with van der Waals surface area (Å²) in [4.78, 5) is 56.2. The van der Waals surface area contributed by atoms with E-state index in [-0.39, 0.29) is 29.7 Å². The molecule has 9 nitrogen and oxygen atoms in total. The van der Waals surface area contributed by atoms with Gasteiger partial charge in [-0.05, 0) is 55.7 Å². The molecule has 2 aromatic carbocycles. The summed E-state index contributed by atoms with van der Waals surface area (Å²) in [6.45, 7) is 3.65. The lowest BCUT2D eigenvalue weighted by atomic mass is 9.69. The van der Waals surface area contributed by atoms with E-state index in [4.69, 9.17) is 0 Å². The number of amides is 4. The lowest BCUT2D eigenvalue weighted by molar-refractivity contribution is -0.147. The number of nitrogens with zero attached hydrogens (tertiary/aromatic N) is 4. The first-order valence-electron chi connectivity index (χ1n) is 14.1. The van der Waals surface area contributed by atoms with Crippen LogP contribution in [0.1, 0.15) is 68.3 Å². The zero-order valence-corrected chi connectivity index (χ0v) is 23.2. The molecule has 1 unspecified atom stereocenters. The van der Waals surface area contributed by atoms with Gasteiger partial charge in [0.15, 0.2) is 0 Å². The fourth-order valence-corrected chi connectivity index (χ4v) is 7.57. The number of nitrogens with one attached hydrogen (secondary N) is 1. The van der Waals surface area contributed by atoms with Gasteiger partial charge in [0.05, 0.1) is 22.8 Å². The Labute approximate surface area is 236 Å². The van der Waals surface area contributed by atoms with Gasteiger partial charge in [-0.2, -0.15) is 5.10 Å². The SMILES string of the molecule is CC1(C(=O)N2CCC(n3cc(Sc4ccc5c6c(cccc46)C(=O)N5C4CCC(=O)NC4=O)cn3)CC2)CCC1. The third-order valence-corrected chi connectivity index (χ3v) is 10.1. The summed E-state index contributed by atoms with van der Waals surface area (Å²) in [5, 5.41) is 8.83. The standard InChI is InChI=1S/C30H31N5O4S/c1-30(12-3-13-30)29(39)33-14-10-18(11-15-33)34-17-19(16-31-34)40-24-8-6-22-26-20(24)4-2-5-21(26)28(38)35(22)23-7-9-25(36)32-27(23)37/h2,4-6,8,16-18,23H,3,7,9-15H2,1H3,(H,32,36,37). The van der Waals surface area contributed by atoms with E-state index in [1.807, 2.05) is 40.0 Å². The smallest absolute Gasteiger partial charge is 0.259 e. The second-order valence-electron chi connectivity index (χ2n) is 11.6. The summed E-state index contributed by atoms with van der Waals surface area (Å²) in [6.07, 6.45) is 9.43. The van der Waals surface area contributed by atoms with Crippen LogP contribution in [0.3, 0.4) is 0 Å². The number of hydrogen-bond acceptors (Lipinski definition) is 6. The molecule has 40 heavy (non-hydrogen) atoms. The fourth-order valence-electron chi connectivity index (χ4n) is 6.64. The van der Waals surface area contributed by atoms with Gasteiger partial charge in [-0.1, -0.05) is 37.2 Å². The van der Waals surface area contributed by atoms with E-state index in [1.165, 1.54) is 0 Å². The molecule has 4 heterocycles. The van der Waals surface area contributed by atoms with Crippen LogP contribution in [0.2, 0.25) is 0 Å². The molecule has 7 rings (SSSR count). The quantitative estimate of drug-likeness (QED) is 0.469. The van der Waals surface area contributed by atoms with Gasteiger partial charge in [0, 0.05) is 47.0 Å². The highest BCUT2D eigenvalue weighted by molar-refractivity contribution is 7.99. The Morgan fingerprint density at radius 2 is 1.88 bits per heavy atom. The highest BCUT2D eigenvalue weighted by Crippen LogP contribution is 2.45. The van der Waals surface area contributed by atoms with Crippen molar-refractivity contribution in [2.45, 2.75) is 73.7 Å².